The number of nitrogens with zero attached hydrogens (tertiary/aromatic N) is 4. The van der Waals surface area contributed by atoms with Gasteiger partial charge < -0.3 is 9.88 Å². The summed E-state index contributed by atoms with van der Waals surface area (Å²) in [6.45, 7) is 1.79. The lowest BCUT2D eigenvalue weighted by Crippen LogP contribution is -2.65. The van der Waals surface area contributed by atoms with Crippen molar-refractivity contribution in [1.29, 1.82) is 0 Å². The predicted octanol–water partition coefficient (Wildman–Crippen LogP) is 0.636. The molecule has 1 aromatic carbocycles. The summed E-state index contributed by atoms with van der Waals surface area (Å²) >= 11 is 0. The molecule has 1 fully saturated rings. The number of amides is 1. The van der Waals surface area contributed by atoms with E-state index in [0.29, 0.717) is 11.4 Å². The zero-order chi connectivity index (χ0) is 19.8. The van der Waals surface area contributed by atoms with Crippen LogP contribution >= 0.6 is 0 Å². The smallest absolute Gasteiger partial charge is 0.229 e. The molecule has 27 heavy (non-hydrogen) atoms. The number of halogens is 1. The molecule has 1 atom stereocenters. The van der Waals surface area contributed by atoms with Crippen molar-refractivity contribution in [3.8, 4) is 0 Å². The quantitative estimate of drug-likeness (QED) is 0.774. The molecule has 10 heteroatoms. The number of hydrogen-bond acceptors (Lipinski definition) is 5. The number of aryl methyl sites for hydroxylation is 1. The van der Waals surface area contributed by atoms with Crippen molar-refractivity contribution in [2.45, 2.75) is 19.4 Å². The molecule has 1 aromatic heterocycles. The first kappa shape index (κ1) is 19.4. The van der Waals surface area contributed by atoms with E-state index in [1.807, 2.05) is 0 Å². The zero-order valence-corrected chi connectivity index (χ0v) is 16.2. The summed E-state index contributed by atoms with van der Waals surface area (Å²) in [6, 6.07) is 5.79. The van der Waals surface area contributed by atoms with Crippen molar-refractivity contribution in [1.82, 2.24) is 24.4 Å². The largest absolute Gasteiger partial charge is 0.346 e. The lowest BCUT2D eigenvalue weighted by molar-refractivity contribution is -0.138. The number of sulfonamides is 1. The molecule has 0 spiro atoms. The molecule has 1 aliphatic heterocycles. The van der Waals surface area contributed by atoms with E-state index in [9.17, 15) is 17.6 Å². The van der Waals surface area contributed by atoms with E-state index < -0.39 is 27.3 Å². The predicted molar refractivity (Wildman–Crippen MR) is 96.5 cm³/mol. The molecule has 0 bridgehead atoms. The lowest BCUT2D eigenvalue weighted by Gasteiger charge is -2.47. The molecule has 1 aliphatic rings. The van der Waals surface area contributed by atoms with Gasteiger partial charge in [-0.15, -0.1) is 10.2 Å². The fraction of sp³-hybridized carbons (Fsp3) is 0.471. The molecule has 1 saturated heterocycles. The Bertz CT molecular complexity index is 953. The van der Waals surface area contributed by atoms with Crippen LogP contribution in [0.25, 0.3) is 0 Å². The van der Waals surface area contributed by atoms with Gasteiger partial charge in [-0.2, -0.15) is 4.31 Å². The number of carbonyl (C=O) groups excluding carboxylic acids is 1. The van der Waals surface area contributed by atoms with Crippen LogP contribution in [0, 0.1) is 11.2 Å². The van der Waals surface area contributed by atoms with E-state index in [2.05, 4.69) is 15.5 Å². The molecule has 0 radical (unpaired) electrons. The van der Waals surface area contributed by atoms with E-state index in [1.165, 1.54) is 16.7 Å². The van der Waals surface area contributed by atoms with Crippen molar-refractivity contribution in [2.75, 3.05) is 19.3 Å². The highest BCUT2D eigenvalue weighted by Gasteiger charge is 2.52. The summed E-state index contributed by atoms with van der Waals surface area (Å²) in [5.74, 6) is -0.173. The Labute approximate surface area is 157 Å². The molecule has 2 heterocycles. The van der Waals surface area contributed by atoms with Gasteiger partial charge in [0.15, 0.2) is 5.82 Å². The van der Waals surface area contributed by atoms with Crippen molar-refractivity contribution in [2.24, 2.45) is 12.5 Å². The van der Waals surface area contributed by atoms with Crippen LogP contribution in [0.2, 0.25) is 0 Å². The Morgan fingerprint density at radius 2 is 2.04 bits per heavy atom. The van der Waals surface area contributed by atoms with Crippen LogP contribution in [-0.2, 0) is 28.3 Å². The average Bonchev–Trinajstić information content (AvgIpc) is 2.97. The maximum Gasteiger partial charge on any atom is 0.229 e. The van der Waals surface area contributed by atoms with Crippen LogP contribution in [0.15, 0.2) is 30.6 Å². The van der Waals surface area contributed by atoms with Crippen LogP contribution < -0.4 is 5.32 Å². The minimum Gasteiger partial charge on any atom is -0.346 e. The number of aromatic nitrogens is 3. The van der Waals surface area contributed by atoms with Gasteiger partial charge in [-0.25, -0.2) is 12.8 Å². The second kappa shape index (κ2) is 7.01. The molecule has 1 unspecified atom stereocenters. The second-order valence-electron chi connectivity index (χ2n) is 7.07. The van der Waals surface area contributed by atoms with Crippen molar-refractivity contribution < 1.29 is 17.6 Å². The lowest BCUT2D eigenvalue weighted by atomic mass is 9.75. The van der Waals surface area contributed by atoms with Crippen molar-refractivity contribution in [3.63, 3.8) is 0 Å². The highest BCUT2D eigenvalue weighted by Crippen LogP contribution is 2.37. The fourth-order valence-electron chi connectivity index (χ4n) is 3.30. The van der Waals surface area contributed by atoms with Crippen LogP contribution in [-0.4, -0.2) is 52.7 Å². The summed E-state index contributed by atoms with van der Waals surface area (Å²) in [6.07, 6.45) is 2.74. The first-order valence-corrected chi connectivity index (χ1v) is 10.3. The minimum atomic E-state index is -3.42. The Morgan fingerprint density at radius 1 is 1.37 bits per heavy atom. The molecule has 3 rings (SSSR count). The number of rotatable bonds is 6. The number of hydrogen-bond donors (Lipinski definition) is 1. The molecule has 1 N–H and O–H groups in total. The maximum absolute atomic E-state index is 14.1. The van der Waals surface area contributed by atoms with Gasteiger partial charge in [0.25, 0.3) is 0 Å². The average molecular weight is 395 g/mol. The van der Waals surface area contributed by atoms with E-state index in [1.54, 1.807) is 36.7 Å². The van der Waals surface area contributed by atoms with E-state index in [0.717, 1.165) is 6.26 Å². The van der Waals surface area contributed by atoms with Gasteiger partial charge >= 0.3 is 0 Å². The van der Waals surface area contributed by atoms with Crippen molar-refractivity contribution in [3.05, 3.63) is 47.8 Å². The van der Waals surface area contributed by atoms with Gasteiger partial charge in [-0.3, -0.25) is 4.79 Å². The van der Waals surface area contributed by atoms with Crippen LogP contribution in [0.4, 0.5) is 4.39 Å². The zero-order valence-electron chi connectivity index (χ0n) is 15.4. The second-order valence-corrected chi connectivity index (χ2v) is 9.06. The molecule has 0 aliphatic carbocycles. The van der Waals surface area contributed by atoms with Gasteiger partial charge in [0.1, 0.15) is 12.1 Å². The molecule has 2 aromatic rings. The SMILES string of the molecule is CC(NC(=O)C1(Cc2ccccc2F)CN(S(C)(=O)=O)C1)c1nncn1C. The number of nitrogens with one attached hydrogen (secondary N) is 1. The van der Waals surface area contributed by atoms with Gasteiger partial charge in [-0.05, 0) is 25.0 Å². The fourth-order valence-corrected chi connectivity index (χ4v) is 4.27. The summed E-state index contributed by atoms with van der Waals surface area (Å²) in [5.41, 5.74) is -0.648. The summed E-state index contributed by atoms with van der Waals surface area (Å²) in [5, 5.41) is 10.6. The summed E-state index contributed by atoms with van der Waals surface area (Å²) in [7, 11) is -1.65. The van der Waals surface area contributed by atoms with E-state index >= 15 is 0 Å². The van der Waals surface area contributed by atoms with Crippen molar-refractivity contribution >= 4 is 15.9 Å². The first-order chi connectivity index (χ1) is 12.6. The standard InChI is InChI=1S/C17H22FN5O3S/c1-12(15-21-19-11-22(15)2)20-16(24)17(9-23(10-17)27(3,25)26)8-13-6-4-5-7-14(13)18/h4-7,11-12H,8-10H2,1-3H3,(H,20,24). The normalized spacial score (nSPS) is 17.9. The monoisotopic (exact) mass is 395 g/mol. The Morgan fingerprint density at radius 3 is 2.59 bits per heavy atom. The topological polar surface area (TPSA) is 97.2 Å². The van der Waals surface area contributed by atoms with Crippen LogP contribution in [0.3, 0.4) is 0 Å². The van der Waals surface area contributed by atoms with Gasteiger partial charge in [0.2, 0.25) is 15.9 Å². The molecule has 8 nitrogen and oxygen atoms in total. The third-order valence-corrected chi connectivity index (χ3v) is 6.07. The molecular weight excluding hydrogens is 373 g/mol. The van der Waals surface area contributed by atoms with Crippen LogP contribution in [0.5, 0.6) is 0 Å². The third-order valence-electron chi connectivity index (χ3n) is 4.88. The summed E-state index contributed by atoms with van der Waals surface area (Å²) < 4.78 is 40.6. The Balaban J connectivity index is 1.83. The molecular formula is C17H22FN5O3S. The third kappa shape index (κ3) is 3.86. The maximum atomic E-state index is 14.1. The Hall–Kier alpha value is -2.33. The number of benzene rings is 1. The molecule has 0 saturated carbocycles. The van der Waals surface area contributed by atoms with Gasteiger partial charge in [-0.1, -0.05) is 18.2 Å². The Kier molecular flexibility index (Phi) is 5.04. The van der Waals surface area contributed by atoms with E-state index in [-0.39, 0.29) is 25.4 Å². The van der Waals surface area contributed by atoms with Crippen LogP contribution in [0.1, 0.15) is 24.4 Å². The number of carbonyl (C=O) groups is 1. The molecule has 146 valence electrons. The molecule has 1 amide bonds. The van der Waals surface area contributed by atoms with E-state index in [4.69, 9.17) is 0 Å². The minimum absolute atomic E-state index is 0.0114. The van der Waals surface area contributed by atoms with Gasteiger partial charge in [0, 0.05) is 20.1 Å². The summed E-state index contributed by atoms with van der Waals surface area (Å²) in [4.78, 5) is 13.0. The highest BCUT2D eigenvalue weighted by molar-refractivity contribution is 7.88. The van der Waals surface area contributed by atoms with Gasteiger partial charge in [0.05, 0.1) is 17.7 Å². The highest BCUT2D eigenvalue weighted by atomic mass is 32.2. The first-order valence-electron chi connectivity index (χ1n) is 8.46.